The number of rotatable bonds is 9. The van der Waals surface area contributed by atoms with Crippen molar-refractivity contribution in [2.75, 3.05) is 19.7 Å². The first-order valence-electron chi connectivity index (χ1n) is 9.19. The van der Waals surface area contributed by atoms with Crippen molar-refractivity contribution in [3.05, 3.63) is 42.5 Å². The van der Waals surface area contributed by atoms with Crippen LogP contribution >= 0.6 is 0 Å². The molecule has 26 heavy (non-hydrogen) atoms. The van der Waals surface area contributed by atoms with Crippen molar-refractivity contribution in [2.24, 2.45) is 0 Å². The lowest BCUT2D eigenvalue weighted by atomic mass is 10.1. The smallest absolute Gasteiger partial charge is 0.239 e. The lowest BCUT2D eigenvalue weighted by Crippen LogP contribution is -2.42. The maximum absolute atomic E-state index is 12.3. The number of hydrogen-bond donors (Lipinski definition) is 1. The van der Waals surface area contributed by atoms with Crippen molar-refractivity contribution in [1.29, 1.82) is 0 Å². The molecule has 0 aliphatic carbocycles. The first-order chi connectivity index (χ1) is 12.5. The van der Waals surface area contributed by atoms with E-state index in [0.717, 1.165) is 16.5 Å². The normalized spacial score (nSPS) is 10.8. The first-order valence-corrected chi connectivity index (χ1v) is 9.19. The third-order valence-electron chi connectivity index (χ3n) is 4.06. The van der Waals surface area contributed by atoms with Crippen LogP contribution in [-0.2, 0) is 9.59 Å². The van der Waals surface area contributed by atoms with E-state index in [1.54, 1.807) is 4.90 Å². The predicted molar refractivity (Wildman–Crippen MR) is 104 cm³/mol. The molecule has 5 heteroatoms. The van der Waals surface area contributed by atoms with Gasteiger partial charge in [-0.15, -0.1) is 0 Å². The Hall–Kier alpha value is -2.56. The molecule has 0 radical (unpaired) electrons. The summed E-state index contributed by atoms with van der Waals surface area (Å²) in [5.41, 5.74) is 0. The molecule has 0 aliphatic rings. The second kappa shape index (κ2) is 9.80. The molecule has 2 aromatic rings. The third kappa shape index (κ3) is 5.76. The van der Waals surface area contributed by atoms with Gasteiger partial charge >= 0.3 is 0 Å². The van der Waals surface area contributed by atoms with Crippen LogP contribution in [0.3, 0.4) is 0 Å². The second-order valence-corrected chi connectivity index (χ2v) is 6.56. The fourth-order valence-corrected chi connectivity index (χ4v) is 2.80. The molecular weight excluding hydrogens is 328 g/mol. The lowest BCUT2D eigenvalue weighted by Gasteiger charge is -2.21. The predicted octanol–water partition coefficient (Wildman–Crippen LogP) is 3.37. The van der Waals surface area contributed by atoms with Crippen LogP contribution in [0.15, 0.2) is 42.5 Å². The van der Waals surface area contributed by atoms with Crippen molar-refractivity contribution in [1.82, 2.24) is 10.2 Å². The molecular formula is C21H28N2O3. The Bertz CT molecular complexity index is 738. The van der Waals surface area contributed by atoms with E-state index in [0.29, 0.717) is 26.0 Å². The number of benzene rings is 2. The van der Waals surface area contributed by atoms with Crippen LogP contribution in [0.25, 0.3) is 10.8 Å². The van der Waals surface area contributed by atoms with Crippen LogP contribution in [0, 0.1) is 0 Å². The molecule has 140 valence electrons. The highest BCUT2D eigenvalue weighted by Crippen LogP contribution is 2.25. The molecule has 0 bridgehead atoms. The maximum Gasteiger partial charge on any atom is 0.239 e. The lowest BCUT2D eigenvalue weighted by molar-refractivity contribution is -0.136. The summed E-state index contributed by atoms with van der Waals surface area (Å²) in [6.45, 7) is 6.79. The Morgan fingerprint density at radius 1 is 1.12 bits per heavy atom. The number of fused-ring (bicyclic) bond motifs is 1. The molecule has 2 rings (SSSR count). The number of carbonyl (C=O) groups excluding carboxylic acids is 2. The largest absolute Gasteiger partial charge is 0.493 e. The molecule has 0 heterocycles. The molecule has 0 atom stereocenters. The van der Waals surface area contributed by atoms with E-state index >= 15 is 0 Å². The number of amides is 2. The van der Waals surface area contributed by atoms with E-state index in [2.05, 4.69) is 5.32 Å². The topological polar surface area (TPSA) is 58.6 Å². The van der Waals surface area contributed by atoms with Gasteiger partial charge in [0.2, 0.25) is 11.8 Å². The number of nitrogens with zero attached hydrogens (tertiary/aromatic N) is 1. The average molecular weight is 356 g/mol. The minimum absolute atomic E-state index is 0.0204. The van der Waals surface area contributed by atoms with Gasteiger partial charge in [0, 0.05) is 24.4 Å². The molecule has 0 saturated heterocycles. The Labute approximate surface area is 155 Å². The number of carbonyl (C=O) groups is 2. The van der Waals surface area contributed by atoms with E-state index in [1.165, 1.54) is 0 Å². The monoisotopic (exact) mass is 356 g/mol. The van der Waals surface area contributed by atoms with Crippen molar-refractivity contribution in [3.63, 3.8) is 0 Å². The maximum atomic E-state index is 12.3. The van der Waals surface area contributed by atoms with Crippen LogP contribution in [-0.4, -0.2) is 42.5 Å². The minimum Gasteiger partial charge on any atom is -0.493 e. The zero-order valence-electron chi connectivity index (χ0n) is 15.8. The third-order valence-corrected chi connectivity index (χ3v) is 4.06. The first kappa shape index (κ1) is 19.8. The SMILES string of the molecule is CCN(CC(=O)NC(C)C)C(=O)CCCOc1cccc2ccccc12. The number of likely N-dealkylation sites (N-methyl/N-ethyl adjacent to an activating group) is 1. The summed E-state index contributed by atoms with van der Waals surface area (Å²) in [5.74, 6) is 0.689. The summed E-state index contributed by atoms with van der Waals surface area (Å²) in [4.78, 5) is 25.7. The summed E-state index contributed by atoms with van der Waals surface area (Å²) >= 11 is 0. The van der Waals surface area contributed by atoms with Gasteiger partial charge in [-0.25, -0.2) is 0 Å². The Morgan fingerprint density at radius 2 is 1.85 bits per heavy atom. The van der Waals surface area contributed by atoms with Gasteiger partial charge in [-0.2, -0.15) is 0 Å². The summed E-state index contributed by atoms with van der Waals surface area (Å²) < 4.78 is 5.87. The highest BCUT2D eigenvalue weighted by Gasteiger charge is 2.15. The van der Waals surface area contributed by atoms with Crippen molar-refractivity contribution >= 4 is 22.6 Å². The van der Waals surface area contributed by atoms with Gasteiger partial charge in [-0.3, -0.25) is 9.59 Å². The van der Waals surface area contributed by atoms with Gasteiger partial charge in [0.15, 0.2) is 0 Å². The molecule has 0 spiro atoms. The Kier molecular flexibility index (Phi) is 7.45. The van der Waals surface area contributed by atoms with Crippen molar-refractivity contribution < 1.29 is 14.3 Å². The second-order valence-electron chi connectivity index (χ2n) is 6.56. The molecule has 1 N–H and O–H groups in total. The number of hydrogen-bond acceptors (Lipinski definition) is 3. The van der Waals surface area contributed by atoms with Crippen molar-refractivity contribution in [2.45, 2.75) is 39.7 Å². The van der Waals surface area contributed by atoms with Crippen LogP contribution < -0.4 is 10.1 Å². The van der Waals surface area contributed by atoms with Gasteiger partial charge in [-0.1, -0.05) is 36.4 Å². The molecule has 5 nitrogen and oxygen atoms in total. The van der Waals surface area contributed by atoms with Crippen LogP contribution in [0.2, 0.25) is 0 Å². The van der Waals surface area contributed by atoms with E-state index in [1.807, 2.05) is 63.2 Å². The van der Waals surface area contributed by atoms with Gasteiger partial charge in [-0.05, 0) is 38.6 Å². The fraction of sp³-hybridized carbons (Fsp3) is 0.429. The molecule has 0 saturated carbocycles. The van der Waals surface area contributed by atoms with Crippen LogP contribution in [0.1, 0.15) is 33.6 Å². The molecule has 0 unspecified atom stereocenters. The van der Waals surface area contributed by atoms with Crippen LogP contribution in [0.5, 0.6) is 5.75 Å². The number of ether oxygens (including phenoxy) is 1. The zero-order valence-corrected chi connectivity index (χ0v) is 15.8. The molecule has 0 aromatic heterocycles. The van der Waals surface area contributed by atoms with Gasteiger partial charge in [0.25, 0.3) is 0 Å². The number of nitrogens with one attached hydrogen (secondary N) is 1. The molecule has 2 amide bonds. The quantitative estimate of drug-likeness (QED) is 0.701. The van der Waals surface area contributed by atoms with Crippen LogP contribution in [0.4, 0.5) is 0 Å². The van der Waals surface area contributed by atoms with Gasteiger partial charge in [0.1, 0.15) is 5.75 Å². The van der Waals surface area contributed by atoms with E-state index < -0.39 is 0 Å². The standard InChI is InChI=1S/C21H28N2O3/c1-4-23(15-20(24)22-16(2)3)21(25)13-8-14-26-19-12-7-10-17-9-5-6-11-18(17)19/h5-7,9-12,16H,4,8,13-15H2,1-3H3,(H,22,24). The Balaban J connectivity index is 1.80. The van der Waals surface area contributed by atoms with Gasteiger partial charge in [0.05, 0.1) is 13.2 Å². The molecule has 0 aliphatic heterocycles. The highest BCUT2D eigenvalue weighted by molar-refractivity contribution is 5.88. The van der Waals surface area contributed by atoms with E-state index in [9.17, 15) is 9.59 Å². The zero-order chi connectivity index (χ0) is 18.9. The summed E-state index contributed by atoms with van der Waals surface area (Å²) in [7, 11) is 0. The Morgan fingerprint density at radius 3 is 2.58 bits per heavy atom. The van der Waals surface area contributed by atoms with E-state index in [4.69, 9.17) is 4.74 Å². The van der Waals surface area contributed by atoms with Gasteiger partial charge < -0.3 is 15.0 Å². The highest BCUT2D eigenvalue weighted by atomic mass is 16.5. The summed E-state index contributed by atoms with van der Waals surface area (Å²) in [6.07, 6.45) is 0.984. The average Bonchev–Trinajstić information content (AvgIpc) is 2.62. The van der Waals surface area contributed by atoms with E-state index in [-0.39, 0.29) is 24.4 Å². The minimum atomic E-state index is -0.123. The summed E-state index contributed by atoms with van der Waals surface area (Å²) in [5, 5.41) is 5.02. The molecule has 2 aromatic carbocycles. The van der Waals surface area contributed by atoms with Crippen molar-refractivity contribution in [3.8, 4) is 5.75 Å². The molecule has 0 fully saturated rings. The summed E-state index contributed by atoms with van der Waals surface area (Å²) in [6, 6.07) is 14.1. The fourth-order valence-electron chi connectivity index (χ4n) is 2.80.